The van der Waals surface area contributed by atoms with Crippen LogP contribution in [0.15, 0.2) is 4.99 Å². The molecule has 0 spiro atoms. The standard InChI is InChI=1S/C13H29N3/c1-8-12(3)16(7)9-11(2)14-10-15-13(4,5)6/h10-12H,8-9H2,1-7H3,(H,14,15). The Kier molecular flexibility index (Phi) is 6.65. The number of hydrogen-bond donors (Lipinski definition) is 1. The van der Waals surface area contributed by atoms with Crippen LogP contribution in [0.3, 0.4) is 0 Å². The smallest absolute Gasteiger partial charge is 0.0831 e. The number of nitrogens with zero attached hydrogens (tertiary/aromatic N) is 2. The zero-order valence-electron chi connectivity index (χ0n) is 12.0. The highest BCUT2D eigenvalue weighted by Crippen LogP contribution is 2.02. The van der Waals surface area contributed by atoms with Crippen LogP contribution < -0.4 is 5.32 Å². The molecule has 0 radical (unpaired) electrons. The van der Waals surface area contributed by atoms with Gasteiger partial charge in [-0.05, 0) is 48.1 Å². The third kappa shape index (κ3) is 7.69. The van der Waals surface area contributed by atoms with Crippen LogP contribution in [0.25, 0.3) is 0 Å². The van der Waals surface area contributed by atoms with E-state index in [0.29, 0.717) is 12.1 Å². The SMILES string of the molecule is CCC(C)N(C)CC(C)N=CNC(C)(C)C. The van der Waals surface area contributed by atoms with Gasteiger partial charge in [0.1, 0.15) is 0 Å². The van der Waals surface area contributed by atoms with Gasteiger partial charge in [-0.15, -0.1) is 0 Å². The Hall–Kier alpha value is -0.570. The number of rotatable bonds is 6. The predicted octanol–water partition coefficient (Wildman–Crippen LogP) is 2.52. The Morgan fingerprint density at radius 1 is 1.31 bits per heavy atom. The molecule has 0 saturated carbocycles. The summed E-state index contributed by atoms with van der Waals surface area (Å²) in [7, 11) is 2.16. The molecule has 0 aromatic carbocycles. The zero-order valence-corrected chi connectivity index (χ0v) is 12.0. The first-order valence-corrected chi connectivity index (χ1v) is 6.26. The Morgan fingerprint density at radius 3 is 2.31 bits per heavy atom. The van der Waals surface area contributed by atoms with Crippen LogP contribution in [0.1, 0.15) is 48.0 Å². The van der Waals surface area contributed by atoms with E-state index in [-0.39, 0.29) is 5.54 Å². The van der Waals surface area contributed by atoms with Gasteiger partial charge in [0, 0.05) is 18.1 Å². The molecule has 3 heteroatoms. The molecule has 0 aromatic rings. The van der Waals surface area contributed by atoms with Gasteiger partial charge < -0.3 is 10.2 Å². The average Bonchev–Trinajstić information content (AvgIpc) is 2.14. The van der Waals surface area contributed by atoms with E-state index < -0.39 is 0 Å². The molecule has 1 N–H and O–H groups in total. The van der Waals surface area contributed by atoms with Gasteiger partial charge in [0.25, 0.3) is 0 Å². The van der Waals surface area contributed by atoms with Gasteiger partial charge in [-0.3, -0.25) is 4.99 Å². The Bertz CT molecular complexity index is 206. The highest BCUT2D eigenvalue weighted by atomic mass is 15.1. The van der Waals surface area contributed by atoms with Crippen molar-refractivity contribution in [2.75, 3.05) is 13.6 Å². The van der Waals surface area contributed by atoms with E-state index in [1.54, 1.807) is 0 Å². The summed E-state index contributed by atoms with van der Waals surface area (Å²) in [5.41, 5.74) is 0.103. The van der Waals surface area contributed by atoms with Crippen LogP contribution in [0.2, 0.25) is 0 Å². The van der Waals surface area contributed by atoms with Gasteiger partial charge in [0.15, 0.2) is 0 Å². The van der Waals surface area contributed by atoms with E-state index in [9.17, 15) is 0 Å². The van der Waals surface area contributed by atoms with Crippen LogP contribution in [-0.4, -0.2) is 42.5 Å². The fourth-order valence-electron chi connectivity index (χ4n) is 1.31. The van der Waals surface area contributed by atoms with Crippen molar-refractivity contribution in [3.63, 3.8) is 0 Å². The summed E-state index contributed by atoms with van der Waals surface area (Å²) in [6.07, 6.45) is 3.03. The van der Waals surface area contributed by atoms with Gasteiger partial charge in [0.05, 0.1) is 12.4 Å². The van der Waals surface area contributed by atoms with Crippen LogP contribution in [-0.2, 0) is 0 Å². The summed E-state index contributed by atoms with van der Waals surface area (Å²) in [5, 5.41) is 3.26. The molecule has 0 amide bonds. The molecule has 0 fully saturated rings. The number of aliphatic imine (C=N–C) groups is 1. The van der Waals surface area contributed by atoms with Crippen molar-refractivity contribution in [3.8, 4) is 0 Å². The van der Waals surface area contributed by atoms with Gasteiger partial charge in [-0.2, -0.15) is 0 Å². The van der Waals surface area contributed by atoms with Crippen molar-refractivity contribution in [1.29, 1.82) is 0 Å². The lowest BCUT2D eigenvalue weighted by atomic mass is 10.1. The highest BCUT2D eigenvalue weighted by molar-refractivity contribution is 5.55. The molecular weight excluding hydrogens is 198 g/mol. The summed E-state index contributed by atoms with van der Waals surface area (Å²) in [6.45, 7) is 14.0. The molecule has 2 atom stereocenters. The first-order chi connectivity index (χ1) is 7.26. The molecule has 0 aliphatic rings. The Morgan fingerprint density at radius 2 is 1.88 bits per heavy atom. The predicted molar refractivity (Wildman–Crippen MR) is 73.2 cm³/mol. The number of hydrogen-bond acceptors (Lipinski definition) is 2. The van der Waals surface area contributed by atoms with E-state index in [2.05, 4.69) is 63.8 Å². The fraction of sp³-hybridized carbons (Fsp3) is 0.923. The summed E-state index contributed by atoms with van der Waals surface area (Å²) in [6, 6.07) is 0.974. The number of likely N-dealkylation sites (N-methyl/N-ethyl adjacent to an activating group) is 1. The largest absolute Gasteiger partial charge is 0.372 e. The summed E-state index contributed by atoms with van der Waals surface area (Å²) in [4.78, 5) is 6.85. The second-order valence-electron chi connectivity index (χ2n) is 5.72. The second-order valence-corrected chi connectivity index (χ2v) is 5.72. The maximum atomic E-state index is 4.49. The lowest BCUT2D eigenvalue weighted by molar-refractivity contribution is 0.241. The molecule has 0 rings (SSSR count). The first-order valence-electron chi connectivity index (χ1n) is 6.26. The Labute approximate surface area is 101 Å². The van der Waals surface area contributed by atoms with Crippen molar-refractivity contribution >= 4 is 6.34 Å². The minimum atomic E-state index is 0.103. The maximum Gasteiger partial charge on any atom is 0.0831 e. The zero-order chi connectivity index (χ0) is 12.8. The van der Waals surface area contributed by atoms with E-state index in [1.165, 1.54) is 6.42 Å². The summed E-state index contributed by atoms with van der Waals surface area (Å²) in [5.74, 6) is 0. The van der Waals surface area contributed by atoms with Crippen LogP contribution in [0.5, 0.6) is 0 Å². The third-order valence-electron chi connectivity index (χ3n) is 2.72. The van der Waals surface area contributed by atoms with Crippen molar-refractivity contribution in [2.24, 2.45) is 4.99 Å². The molecule has 0 aliphatic heterocycles. The van der Waals surface area contributed by atoms with E-state index in [4.69, 9.17) is 0 Å². The van der Waals surface area contributed by atoms with Crippen molar-refractivity contribution < 1.29 is 0 Å². The van der Waals surface area contributed by atoms with Gasteiger partial charge >= 0.3 is 0 Å². The molecule has 0 bridgehead atoms. The lowest BCUT2D eigenvalue weighted by Gasteiger charge is -2.25. The van der Waals surface area contributed by atoms with E-state index in [1.807, 2.05) is 6.34 Å². The molecule has 16 heavy (non-hydrogen) atoms. The van der Waals surface area contributed by atoms with Crippen molar-refractivity contribution in [2.45, 2.75) is 65.6 Å². The fourth-order valence-corrected chi connectivity index (χ4v) is 1.31. The van der Waals surface area contributed by atoms with Gasteiger partial charge in [-0.1, -0.05) is 6.92 Å². The monoisotopic (exact) mass is 227 g/mol. The van der Waals surface area contributed by atoms with Gasteiger partial charge in [-0.25, -0.2) is 0 Å². The molecular formula is C13H29N3. The quantitative estimate of drug-likeness (QED) is 0.558. The topological polar surface area (TPSA) is 27.6 Å². The van der Waals surface area contributed by atoms with E-state index in [0.717, 1.165) is 6.54 Å². The molecule has 2 unspecified atom stereocenters. The average molecular weight is 227 g/mol. The van der Waals surface area contributed by atoms with Gasteiger partial charge in [0.2, 0.25) is 0 Å². The summed E-state index contributed by atoms with van der Waals surface area (Å²) < 4.78 is 0. The molecule has 0 saturated heterocycles. The maximum absolute atomic E-state index is 4.49. The van der Waals surface area contributed by atoms with Crippen molar-refractivity contribution in [3.05, 3.63) is 0 Å². The summed E-state index contributed by atoms with van der Waals surface area (Å²) >= 11 is 0. The molecule has 3 nitrogen and oxygen atoms in total. The normalized spacial score (nSPS) is 16.8. The van der Waals surface area contributed by atoms with Crippen LogP contribution >= 0.6 is 0 Å². The molecule has 0 aliphatic carbocycles. The third-order valence-corrected chi connectivity index (χ3v) is 2.72. The Balaban J connectivity index is 3.94. The second kappa shape index (κ2) is 6.89. The molecule has 0 aromatic heterocycles. The van der Waals surface area contributed by atoms with E-state index >= 15 is 0 Å². The highest BCUT2D eigenvalue weighted by Gasteiger charge is 2.10. The molecule has 0 heterocycles. The van der Waals surface area contributed by atoms with Crippen LogP contribution in [0, 0.1) is 0 Å². The van der Waals surface area contributed by atoms with Crippen molar-refractivity contribution in [1.82, 2.24) is 10.2 Å². The minimum absolute atomic E-state index is 0.103. The molecule has 96 valence electrons. The minimum Gasteiger partial charge on any atom is -0.372 e. The lowest BCUT2D eigenvalue weighted by Crippen LogP contribution is -2.36. The first kappa shape index (κ1) is 15.4. The number of nitrogens with one attached hydrogen (secondary N) is 1. The van der Waals surface area contributed by atoms with Crippen LogP contribution in [0.4, 0.5) is 0 Å².